The fourth-order valence-corrected chi connectivity index (χ4v) is 2.42. The third kappa shape index (κ3) is 2.98. The van der Waals surface area contributed by atoms with Crippen molar-refractivity contribution in [1.82, 2.24) is 24.9 Å². The molecular formula is C13H20ClN5. The Morgan fingerprint density at radius 3 is 2.74 bits per heavy atom. The van der Waals surface area contributed by atoms with Gasteiger partial charge in [0.2, 0.25) is 0 Å². The van der Waals surface area contributed by atoms with E-state index in [9.17, 15) is 0 Å². The molecule has 0 unspecified atom stereocenters. The molecule has 0 atom stereocenters. The van der Waals surface area contributed by atoms with Crippen LogP contribution in [0.4, 0.5) is 0 Å². The molecule has 0 saturated heterocycles. The van der Waals surface area contributed by atoms with Crippen LogP contribution in [-0.4, -0.2) is 26.6 Å². The maximum Gasteiger partial charge on any atom is 0.0869 e. The van der Waals surface area contributed by atoms with Crippen LogP contribution in [0.2, 0.25) is 5.02 Å². The van der Waals surface area contributed by atoms with E-state index in [2.05, 4.69) is 29.4 Å². The topological polar surface area (TPSA) is 47.7 Å². The molecule has 6 heteroatoms. The number of hydrogen-bond donors (Lipinski definition) is 1. The van der Waals surface area contributed by atoms with Crippen molar-refractivity contribution in [2.45, 2.75) is 39.9 Å². The fourth-order valence-electron chi connectivity index (χ4n) is 2.09. The zero-order valence-electron chi connectivity index (χ0n) is 11.6. The first kappa shape index (κ1) is 14.1. The van der Waals surface area contributed by atoms with Gasteiger partial charge in [0.1, 0.15) is 0 Å². The number of nitrogens with one attached hydrogen (secondary N) is 1. The fraction of sp³-hybridized carbons (Fsp3) is 0.538. The molecule has 0 spiro atoms. The van der Waals surface area contributed by atoms with Crippen LogP contribution in [0.3, 0.4) is 0 Å². The lowest BCUT2D eigenvalue weighted by Gasteiger charge is -2.05. The van der Waals surface area contributed by atoms with Crippen molar-refractivity contribution in [3.05, 3.63) is 34.4 Å². The molecule has 2 aromatic rings. The Morgan fingerprint density at radius 1 is 1.32 bits per heavy atom. The van der Waals surface area contributed by atoms with E-state index in [1.54, 1.807) is 0 Å². The second kappa shape index (κ2) is 6.21. The van der Waals surface area contributed by atoms with Crippen LogP contribution < -0.4 is 5.32 Å². The Labute approximate surface area is 118 Å². The third-order valence-electron chi connectivity index (χ3n) is 3.06. The van der Waals surface area contributed by atoms with Crippen molar-refractivity contribution >= 4 is 11.6 Å². The predicted molar refractivity (Wildman–Crippen MR) is 76.4 cm³/mol. The van der Waals surface area contributed by atoms with E-state index < -0.39 is 0 Å². The van der Waals surface area contributed by atoms with E-state index in [0.717, 1.165) is 41.6 Å². The lowest BCUT2D eigenvalue weighted by atomic mass is 10.3. The molecule has 0 saturated carbocycles. The normalized spacial score (nSPS) is 11.2. The zero-order chi connectivity index (χ0) is 13.8. The molecule has 104 valence electrons. The standard InChI is InChI=1S/C13H20ClN5/c1-4-11-13(14)12(19(5-2)17-11)9-18-7-6-10(16-18)8-15-3/h6-7,15H,4-5,8-9H2,1-3H3. The van der Waals surface area contributed by atoms with E-state index in [-0.39, 0.29) is 0 Å². The molecule has 2 rings (SSSR count). The van der Waals surface area contributed by atoms with Crippen molar-refractivity contribution in [1.29, 1.82) is 0 Å². The van der Waals surface area contributed by atoms with Crippen LogP contribution in [0.5, 0.6) is 0 Å². The lowest BCUT2D eigenvalue weighted by molar-refractivity contribution is 0.569. The second-order valence-electron chi connectivity index (χ2n) is 4.41. The molecule has 0 fully saturated rings. The highest BCUT2D eigenvalue weighted by Gasteiger charge is 2.14. The quantitative estimate of drug-likeness (QED) is 0.882. The molecule has 0 bridgehead atoms. The first-order valence-electron chi connectivity index (χ1n) is 6.60. The number of aromatic nitrogens is 4. The second-order valence-corrected chi connectivity index (χ2v) is 4.79. The minimum atomic E-state index is 0.656. The number of rotatable bonds is 6. The number of hydrogen-bond acceptors (Lipinski definition) is 3. The first-order valence-corrected chi connectivity index (χ1v) is 6.98. The van der Waals surface area contributed by atoms with E-state index in [0.29, 0.717) is 6.54 Å². The summed E-state index contributed by atoms with van der Waals surface area (Å²) in [5, 5.41) is 12.9. The van der Waals surface area contributed by atoms with Gasteiger partial charge in [-0.05, 0) is 26.5 Å². The molecule has 2 aromatic heterocycles. The van der Waals surface area contributed by atoms with E-state index >= 15 is 0 Å². The van der Waals surface area contributed by atoms with Crippen LogP contribution in [0, 0.1) is 0 Å². The highest BCUT2D eigenvalue weighted by Crippen LogP contribution is 2.22. The predicted octanol–water partition coefficient (Wildman–Crippen LogP) is 2.08. The molecular weight excluding hydrogens is 262 g/mol. The van der Waals surface area contributed by atoms with Gasteiger partial charge in [-0.15, -0.1) is 0 Å². The summed E-state index contributed by atoms with van der Waals surface area (Å²) in [4.78, 5) is 0. The summed E-state index contributed by atoms with van der Waals surface area (Å²) in [5.74, 6) is 0. The van der Waals surface area contributed by atoms with Crippen molar-refractivity contribution in [3.63, 3.8) is 0 Å². The van der Waals surface area contributed by atoms with Gasteiger partial charge in [-0.1, -0.05) is 18.5 Å². The minimum absolute atomic E-state index is 0.656. The van der Waals surface area contributed by atoms with Crippen molar-refractivity contribution in [2.75, 3.05) is 7.05 Å². The van der Waals surface area contributed by atoms with Gasteiger partial charge in [0.15, 0.2) is 0 Å². The Bertz CT molecular complexity index is 543. The average Bonchev–Trinajstić information content (AvgIpc) is 2.97. The largest absolute Gasteiger partial charge is 0.314 e. The van der Waals surface area contributed by atoms with Crippen molar-refractivity contribution in [2.24, 2.45) is 0 Å². The molecule has 5 nitrogen and oxygen atoms in total. The molecule has 0 aliphatic carbocycles. The van der Waals surface area contributed by atoms with Gasteiger partial charge < -0.3 is 5.32 Å². The summed E-state index contributed by atoms with van der Waals surface area (Å²) >= 11 is 6.39. The summed E-state index contributed by atoms with van der Waals surface area (Å²) in [6.45, 7) is 6.38. The molecule has 1 N–H and O–H groups in total. The maximum atomic E-state index is 6.39. The highest BCUT2D eigenvalue weighted by atomic mass is 35.5. The maximum absolute atomic E-state index is 6.39. The summed E-state index contributed by atoms with van der Waals surface area (Å²) in [6, 6.07) is 2.01. The van der Waals surface area contributed by atoms with Gasteiger partial charge in [-0.25, -0.2) is 0 Å². The monoisotopic (exact) mass is 281 g/mol. The van der Waals surface area contributed by atoms with Crippen LogP contribution in [0.15, 0.2) is 12.3 Å². The lowest BCUT2D eigenvalue weighted by Crippen LogP contribution is -2.10. The molecule has 19 heavy (non-hydrogen) atoms. The number of nitrogens with zero attached hydrogens (tertiary/aromatic N) is 4. The molecule has 0 amide bonds. The summed E-state index contributed by atoms with van der Waals surface area (Å²) in [5.41, 5.74) is 3.01. The van der Waals surface area contributed by atoms with Gasteiger partial charge >= 0.3 is 0 Å². The van der Waals surface area contributed by atoms with Crippen LogP contribution in [-0.2, 0) is 26.1 Å². The number of aryl methyl sites for hydroxylation is 2. The van der Waals surface area contributed by atoms with Gasteiger partial charge in [-0.2, -0.15) is 10.2 Å². The SMILES string of the molecule is CCc1nn(CC)c(Cn2ccc(CNC)n2)c1Cl. The van der Waals surface area contributed by atoms with Gasteiger partial charge in [0, 0.05) is 19.3 Å². The molecule has 0 aliphatic heterocycles. The van der Waals surface area contributed by atoms with Gasteiger partial charge in [0.05, 0.1) is 28.6 Å². The number of halogens is 1. The Balaban J connectivity index is 2.23. The van der Waals surface area contributed by atoms with Crippen molar-refractivity contribution in [3.8, 4) is 0 Å². The molecule has 0 aromatic carbocycles. The van der Waals surface area contributed by atoms with Crippen LogP contribution in [0.25, 0.3) is 0 Å². The van der Waals surface area contributed by atoms with Crippen LogP contribution >= 0.6 is 11.6 Å². The molecule has 0 radical (unpaired) electrons. The van der Waals surface area contributed by atoms with E-state index in [1.165, 1.54) is 0 Å². The van der Waals surface area contributed by atoms with Crippen molar-refractivity contribution < 1.29 is 0 Å². The Morgan fingerprint density at radius 2 is 2.11 bits per heavy atom. The zero-order valence-corrected chi connectivity index (χ0v) is 12.4. The highest BCUT2D eigenvalue weighted by molar-refractivity contribution is 6.31. The minimum Gasteiger partial charge on any atom is -0.314 e. The first-order chi connectivity index (χ1) is 9.19. The van der Waals surface area contributed by atoms with Gasteiger partial charge in [0.25, 0.3) is 0 Å². The summed E-state index contributed by atoms with van der Waals surface area (Å²) < 4.78 is 3.86. The third-order valence-corrected chi connectivity index (χ3v) is 3.50. The Kier molecular flexibility index (Phi) is 4.61. The Hall–Kier alpha value is -1.33. The van der Waals surface area contributed by atoms with E-state index in [4.69, 9.17) is 11.6 Å². The molecule has 0 aliphatic rings. The van der Waals surface area contributed by atoms with Crippen LogP contribution in [0.1, 0.15) is 30.9 Å². The van der Waals surface area contributed by atoms with E-state index in [1.807, 2.05) is 28.7 Å². The summed E-state index contributed by atoms with van der Waals surface area (Å²) in [6.07, 6.45) is 2.82. The smallest absolute Gasteiger partial charge is 0.0869 e. The average molecular weight is 282 g/mol. The van der Waals surface area contributed by atoms with Gasteiger partial charge in [-0.3, -0.25) is 9.36 Å². The summed E-state index contributed by atoms with van der Waals surface area (Å²) in [7, 11) is 1.91. The molecule has 2 heterocycles.